The number of carbonyl (C=O) groups is 1. The van der Waals surface area contributed by atoms with E-state index in [1.54, 1.807) is 6.92 Å². The molecule has 138 valence electrons. The minimum atomic E-state index is -1.24. The predicted octanol–water partition coefficient (Wildman–Crippen LogP) is 4.32. The number of aromatic carboxylic acids is 1. The third-order valence-electron chi connectivity index (χ3n) is 4.24. The maximum absolute atomic E-state index is 11.3. The van der Waals surface area contributed by atoms with Crippen LogP contribution in [0.5, 0.6) is 11.6 Å². The minimum Gasteiger partial charge on any atom is -0.506 e. The summed E-state index contributed by atoms with van der Waals surface area (Å²) >= 11 is 0. The van der Waals surface area contributed by atoms with E-state index in [1.807, 2.05) is 32.0 Å². The van der Waals surface area contributed by atoms with Crippen LogP contribution in [0.25, 0.3) is 5.69 Å². The van der Waals surface area contributed by atoms with Crippen LogP contribution in [0.15, 0.2) is 46.6 Å². The number of rotatable bonds is 4. The first-order chi connectivity index (χ1) is 12.8. The van der Waals surface area contributed by atoms with Crippen molar-refractivity contribution in [2.24, 2.45) is 10.2 Å². The van der Waals surface area contributed by atoms with Crippen molar-refractivity contribution in [1.82, 2.24) is 9.78 Å². The first-order valence-electron chi connectivity index (χ1n) is 8.13. The van der Waals surface area contributed by atoms with Crippen molar-refractivity contribution in [2.75, 3.05) is 0 Å². The number of phenols is 1. The van der Waals surface area contributed by atoms with E-state index in [0.29, 0.717) is 11.4 Å². The van der Waals surface area contributed by atoms with Gasteiger partial charge in [0.2, 0.25) is 5.88 Å². The summed E-state index contributed by atoms with van der Waals surface area (Å²) in [6, 6.07) is 9.64. The molecule has 0 aliphatic carbocycles. The van der Waals surface area contributed by atoms with Gasteiger partial charge in [0.1, 0.15) is 11.4 Å². The van der Waals surface area contributed by atoms with Crippen LogP contribution >= 0.6 is 0 Å². The van der Waals surface area contributed by atoms with Crippen LogP contribution in [0.2, 0.25) is 0 Å². The number of benzene rings is 2. The Balaban J connectivity index is 2.05. The summed E-state index contributed by atoms with van der Waals surface area (Å²) in [5.74, 6) is -1.80. The number of aromatic nitrogens is 2. The fraction of sp³-hybridized carbons (Fsp3) is 0.158. The molecule has 3 N–H and O–H groups in total. The van der Waals surface area contributed by atoms with E-state index in [4.69, 9.17) is 0 Å². The molecule has 27 heavy (non-hydrogen) atoms. The lowest BCUT2D eigenvalue weighted by Gasteiger charge is -2.06. The molecule has 8 heteroatoms. The second-order valence-corrected chi connectivity index (χ2v) is 6.12. The molecule has 1 aromatic heterocycles. The Morgan fingerprint density at radius 3 is 2.37 bits per heavy atom. The highest BCUT2D eigenvalue weighted by molar-refractivity contribution is 5.94. The van der Waals surface area contributed by atoms with E-state index >= 15 is 0 Å². The number of carboxylic acids is 1. The van der Waals surface area contributed by atoms with E-state index in [0.717, 1.165) is 11.1 Å². The second-order valence-electron chi connectivity index (χ2n) is 6.12. The molecule has 1 heterocycles. The molecule has 0 radical (unpaired) electrons. The molecule has 0 unspecified atom stereocenters. The maximum Gasteiger partial charge on any atom is 0.338 e. The monoisotopic (exact) mass is 366 g/mol. The highest BCUT2D eigenvalue weighted by Gasteiger charge is 2.18. The molecule has 2 aromatic carbocycles. The van der Waals surface area contributed by atoms with Gasteiger partial charge >= 0.3 is 5.97 Å². The van der Waals surface area contributed by atoms with Crippen molar-refractivity contribution in [3.63, 3.8) is 0 Å². The number of hydrogen-bond acceptors (Lipinski definition) is 6. The van der Waals surface area contributed by atoms with Gasteiger partial charge in [-0.2, -0.15) is 9.78 Å². The Labute approximate surface area is 155 Å². The summed E-state index contributed by atoms with van der Waals surface area (Å²) in [6.07, 6.45) is 0. The minimum absolute atomic E-state index is 0.0906. The highest BCUT2D eigenvalue weighted by Crippen LogP contribution is 2.36. The van der Waals surface area contributed by atoms with E-state index in [2.05, 4.69) is 15.3 Å². The van der Waals surface area contributed by atoms with Gasteiger partial charge in [0.15, 0.2) is 5.69 Å². The van der Waals surface area contributed by atoms with E-state index in [1.165, 1.54) is 22.9 Å². The second kappa shape index (κ2) is 6.91. The molecular weight excluding hydrogens is 348 g/mol. The van der Waals surface area contributed by atoms with Crippen molar-refractivity contribution < 1.29 is 20.1 Å². The molecule has 0 atom stereocenters. The van der Waals surface area contributed by atoms with Crippen molar-refractivity contribution in [2.45, 2.75) is 20.8 Å². The molecule has 0 bridgehead atoms. The van der Waals surface area contributed by atoms with Crippen LogP contribution in [0.3, 0.4) is 0 Å². The zero-order valence-corrected chi connectivity index (χ0v) is 15.0. The zero-order valence-electron chi connectivity index (χ0n) is 15.0. The molecule has 0 saturated carbocycles. The van der Waals surface area contributed by atoms with Gasteiger partial charge in [-0.1, -0.05) is 12.1 Å². The van der Waals surface area contributed by atoms with Gasteiger partial charge in [-0.3, -0.25) is 0 Å². The first kappa shape index (κ1) is 18.1. The topological polar surface area (TPSA) is 120 Å². The van der Waals surface area contributed by atoms with Gasteiger partial charge < -0.3 is 15.3 Å². The van der Waals surface area contributed by atoms with Gasteiger partial charge in [-0.05, 0) is 56.2 Å². The molecular formula is C19H18N4O4. The van der Waals surface area contributed by atoms with Crippen molar-refractivity contribution in [3.8, 4) is 17.3 Å². The standard InChI is InChI=1S/C19H18N4O4/c1-10-7-8-13(9-11(10)2)23-18(25)16(12(3)22-23)20-21-17-14(19(26)27)5-4-6-15(17)24/h4-9,24-25H,1-3H3,(H,26,27). The molecule has 0 aliphatic heterocycles. The van der Waals surface area contributed by atoms with Crippen LogP contribution in [-0.2, 0) is 0 Å². The first-order valence-corrected chi connectivity index (χ1v) is 8.13. The Kier molecular flexibility index (Phi) is 4.64. The predicted molar refractivity (Wildman–Crippen MR) is 98.7 cm³/mol. The summed E-state index contributed by atoms with van der Waals surface area (Å²) in [5, 5.41) is 41.7. The number of carboxylic acid groups (broad SMARTS) is 1. The van der Waals surface area contributed by atoms with Gasteiger partial charge in [0.25, 0.3) is 0 Å². The molecule has 3 aromatic rings. The van der Waals surface area contributed by atoms with Crippen LogP contribution in [-0.4, -0.2) is 31.1 Å². The smallest absolute Gasteiger partial charge is 0.338 e. The van der Waals surface area contributed by atoms with Crippen LogP contribution < -0.4 is 0 Å². The Bertz CT molecular complexity index is 1070. The number of phenolic OH excluding ortho intramolecular Hbond substituents is 1. The average Bonchev–Trinajstić information content (AvgIpc) is 2.90. The van der Waals surface area contributed by atoms with E-state index in [9.17, 15) is 20.1 Å². The zero-order chi connectivity index (χ0) is 19.7. The number of hydrogen-bond donors (Lipinski definition) is 3. The average molecular weight is 366 g/mol. The number of nitrogens with zero attached hydrogens (tertiary/aromatic N) is 4. The van der Waals surface area contributed by atoms with Gasteiger partial charge in [0.05, 0.1) is 16.9 Å². The van der Waals surface area contributed by atoms with Gasteiger partial charge in [-0.15, -0.1) is 10.2 Å². The molecule has 0 fully saturated rings. The largest absolute Gasteiger partial charge is 0.506 e. The van der Waals surface area contributed by atoms with Gasteiger partial charge in [-0.25, -0.2) is 4.79 Å². The quantitative estimate of drug-likeness (QED) is 0.594. The summed E-state index contributed by atoms with van der Waals surface area (Å²) in [7, 11) is 0. The van der Waals surface area contributed by atoms with Crippen molar-refractivity contribution >= 4 is 17.3 Å². The number of aryl methyl sites for hydroxylation is 3. The molecule has 0 amide bonds. The highest BCUT2D eigenvalue weighted by atomic mass is 16.4. The molecule has 0 saturated heterocycles. The lowest BCUT2D eigenvalue weighted by molar-refractivity contribution is 0.0697. The van der Waals surface area contributed by atoms with E-state index < -0.39 is 5.97 Å². The Hall–Kier alpha value is -3.68. The van der Waals surface area contributed by atoms with Crippen LogP contribution in [0.4, 0.5) is 11.4 Å². The number of aromatic hydroxyl groups is 2. The third kappa shape index (κ3) is 3.37. The summed E-state index contributed by atoms with van der Waals surface area (Å²) in [6.45, 7) is 5.59. The lowest BCUT2D eigenvalue weighted by Crippen LogP contribution is -1.97. The molecule has 3 rings (SSSR count). The van der Waals surface area contributed by atoms with Crippen LogP contribution in [0, 0.1) is 20.8 Å². The fourth-order valence-electron chi connectivity index (χ4n) is 2.57. The Morgan fingerprint density at radius 1 is 1.00 bits per heavy atom. The summed E-state index contributed by atoms with van der Waals surface area (Å²) in [4.78, 5) is 11.3. The maximum atomic E-state index is 11.3. The SMILES string of the molecule is Cc1ccc(-n2nc(C)c(N=Nc3c(O)cccc3C(=O)O)c2O)cc1C. The number of azo groups is 1. The van der Waals surface area contributed by atoms with Crippen molar-refractivity contribution in [1.29, 1.82) is 0 Å². The lowest BCUT2D eigenvalue weighted by atomic mass is 10.1. The van der Waals surface area contributed by atoms with Crippen molar-refractivity contribution in [3.05, 3.63) is 58.8 Å². The molecule has 0 spiro atoms. The summed E-state index contributed by atoms with van der Waals surface area (Å²) in [5.41, 5.74) is 2.93. The Morgan fingerprint density at radius 2 is 1.70 bits per heavy atom. The summed E-state index contributed by atoms with van der Waals surface area (Å²) < 4.78 is 1.33. The van der Waals surface area contributed by atoms with E-state index in [-0.39, 0.29) is 28.6 Å². The normalized spacial score (nSPS) is 11.2. The van der Waals surface area contributed by atoms with Crippen LogP contribution in [0.1, 0.15) is 27.2 Å². The third-order valence-corrected chi connectivity index (χ3v) is 4.24. The molecule has 0 aliphatic rings. The molecule has 8 nitrogen and oxygen atoms in total. The fourth-order valence-corrected chi connectivity index (χ4v) is 2.57. The van der Waals surface area contributed by atoms with Gasteiger partial charge in [0, 0.05) is 0 Å².